The number of Topliss-reactive ketones (excluding diaryl/α,β-unsaturated/α-hetero) is 1. The predicted molar refractivity (Wildman–Crippen MR) is 107 cm³/mol. The van der Waals surface area contributed by atoms with Gasteiger partial charge in [0.15, 0.2) is 0 Å². The summed E-state index contributed by atoms with van der Waals surface area (Å²) >= 11 is 8.97. The van der Waals surface area contributed by atoms with Gasteiger partial charge in [0.1, 0.15) is 11.6 Å². The molecule has 1 heterocycles. The lowest BCUT2D eigenvalue weighted by Crippen LogP contribution is -2.06. The van der Waals surface area contributed by atoms with Crippen molar-refractivity contribution in [2.75, 3.05) is 11.6 Å². The SMILES string of the molecule is CSc1sc(C(=O)/C(C#N)=C/Nc2ccc(Cl)cc2)c2c1C=CCC2. The molecule has 1 aromatic carbocycles. The molecule has 0 radical (unpaired) electrons. The van der Waals surface area contributed by atoms with Crippen molar-refractivity contribution in [1.82, 2.24) is 0 Å². The van der Waals surface area contributed by atoms with E-state index in [4.69, 9.17) is 11.6 Å². The average molecular weight is 387 g/mol. The predicted octanol–water partition coefficient (Wildman–Crippen LogP) is 5.79. The van der Waals surface area contributed by atoms with Gasteiger partial charge in [-0.05, 0) is 48.9 Å². The zero-order valence-electron chi connectivity index (χ0n) is 13.5. The zero-order chi connectivity index (χ0) is 17.8. The second-order valence-corrected chi connectivity index (χ2v) is 7.94. The van der Waals surface area contributed by atoms with E-state index in [-0.39, 0.29) is 11.4 Å². The minimum absolute atomic E-state index is 0.0983. The van der Waals surface area contributed by atoms with Crippen LogP contribution in [0, 0.1) is 11.3 Å². The standard InChI is InChI=1S/C19H15ClN2OS2/c1-24-19-16-5-3-2-4-15(16)18(25-19)17(23)12(10-21)11-22-14-8-6-13(20)7-9-14/h3,5-9,11,22H,2,4H2,1H3/b12-11+. The molecule has 1 N–H and O–H groups in total. The van der Waals surface area contributed by atoms with Gasteiger partial charge in [0.05, 0.1) is 9.09 Å². The summed E-state index contributed by atoms with van der Waals surface area (Å²) in [6.45, 7) is 0. The van der Waals surface area contributed by atoms with Crippen molar-refractivity contribution in [3.63, 3.8) is 0 Å². The molecular formula is C19H15ClN2OS2. The quantitative estimate of drug-likeness (QED) is 0.306. The Morgan fingerprint density at radius 2 is 2.16 bits per heavy atom. The van der Waals surface area contributed by atoms with Crippen LogP contribution in [-0.4, -0.2) is 12.0 Å². The number of hydrogen-bond acceptors (Lipinski definition) is 5. The van der Waals surface area contributed by atoms with Gasteiger partial charge >= 0.3 is 0 Å². The highest BCUT2D eigenvalue weighted by atomic mass is 35.5. The van der Waals surface area contributed by atoms with Gasteiger partial charge in [0.25, 0.3) is 0 Å². The summed E-state index contributed by atoms with van der Waals surface area (Å²) in [5, 5.41) is 13.1. The van der Waals surface area contributed by atoms with Crippen molar-refractivity contribution in [1.29, 1.82) is 5.26 Å². The van der Waals surface area contributed by atoms with Gasteiger partial charge in [-0.1, -0.05) is 23.8 Å². The van der Waals surface area contributed by atoms with E-state index < -0.39 is 0 Å². The van der Waals surface area contributed by atoms with Crippen LogP contribution in [0.3, 0.4) is 0 Å². The summed E-state index contributed by atoms with van der Waals surface area (Å²) in [6, 6.07) is 9.10. The van der Waals surface area contributed by atoms with Crippen molar-refractivity contribution < 1.29 is 4.79 Å². The minimum atomic E-state index is -0.221. The molecule has 0 spiro atoms. The van der Waals surface area contributed by atoms with E-state index in [1.165, 1.54) is 17.5 Å². The highest BCUT2D eigenvalue weighted by Gasteiger charge is 2.24. The van der Waals surface area contributed by atoms with E-state index >= 15 is 0 Å². The molecule has 25 heavy (non-hydrogen) atoms. The van der Waals surface area contributed by atoms with Crippen molar-refractivity contribution in [3.05, 3.63) is 63.1 Å². The largest absolute Gasteiger partial charge is 0.360 e. The maximum Gasteiger partial charge on any atom is 0.215 e. The first-order valence-corrected chi connectivity index (χ1v) is 10.1. The second-order valence-electron chi connectivity index (χ2n) is 5.41. The lowest BCUT2D eigenvalue weighted by Gasteiger charge is -2.08. The fourth-order valence-corrected chi connectivity index (χ4v) is 4.75. The summed E-state index contributed by atoms with van der Waals surface area (Å²) in [5.74, 6) is -0.221. The van der Waals surface area contributed by atoms with Crippen LogP contribution in [0.25, 0.3) is 6.08 Å². The van der Waals surface area contributed by atoms with Crippen LogP contribution in [-0.2, 0) is 6.42 Å². The first-order valence-electron chi connectivity index (χ1n) is 7.67. The highest BCUT2D eigenvalue weighted by Crippen LogP contribution is 2.39. The fraction of sp³-hybridized carbons (Fsp3) is 0.158. The minimum Gasteiger partial charge on any atom is -0.360 e. The Morgan fingerprint density at radius 1 is 1.40 bits per heavy atom. The maximum atomic E-state index is 12.9. The number of ketones is 1. The number of carbonyl (C=O) groups excluding carboxylic acids is 1. The van der Waals surface area contributed by atoms with Crippen LogP contribution in [0.1, 0.15) is 27.2 Å². The molecule has 6 heteroatoms. The zero-order valence-corrected chi connectivity index (χ0v) is 15.9. The Labute approximate surface area is 160 Å². The first-order chi connectivity index (χ1) is 12.1. The Kier molecular flexibility index (Phi) is 5.64. The third-order valence-electron chi connectivity index (χ3n) is 3.84. The second kappa shape index (κ2) is 7.92. The third kappa shape index (κ3) is 3.82. The number of carbonyl (C=O) groups is 1. The number of allylic oxidation sites excluding steroid dienone is 2. The van der Waals surface area contributed by atoms with Crippen molar-refractivity contribution in [3.8, 4) is 6.07 Å². The number of thioether (sulfide) groups is 1. The lowest BCUT2D eigenvalue weighted by molar-refractivity contribution is 0.104. The molecule has 0 unspecified atom stereocenters. The molecule has 2 aromatic rings. The number of thiophene rings is 1. The topological polar surface area (TPSA) is 52.9 Å². The number of halogens is 1. The number of anilines is 1. The van der Waals surface area contributed by atoms with Crippen LogP contribution in [0.4, 0.5) is 5.69 Å². The number of nitriles is 1. The van der Waals surface area contributed by atoms with Crippen LogP contribution in [0.2, 0.25) is 5.02 Å². The van der Waals surface area contributed by atoms with Gasteiger partial charge < -0.3 is 5.32 Å². The molecule has 0 atom stereocenters. The van der Waals surface area contributed by atoms with Crippen LogP contribution >= 0.6 is 34.7 Å². The monoisotopic (exact) mass is 386 g/mol. The van der Waals surface area contributed by atoms with Crippen molar-refractivity contribution in [2.24, 2.45) is 0 Å². The van der Waals surface area contributed by atoms with Crippen LogP contribution in [0.5, 0.6) is 0 Å². The molecule has 3 nitrogen and oxygen atoms in total. The summed E-state index contributed by atoms with van der Waals surface area (Å²) in [4.78, 5) is 13.6. The number of rotatable bonds is 5. The van der Waals surface area contributed by atoms with Gasteiger partial charge in [-0.15, -0.1) is 23.1 Å². The Morgan fingerprint density at radius 3 is 2.84 bits per heavy atom. The molecule has 0 saturated heterocycles. The van der Waals surface area contributed by atoms with Crippen LogP contribution < -0.4 is 5.32 Å². The average Bonchev–Trinajstić information content (AvgIpc) is 3.02. The Hall–Kier alpha value is -2.00. The number of nitrogens with one attached hydrogen (secondary N) is 1. The van der Waals surface area contributed by atoms with Gasteiger partial charge in [0, 0.05) is 22.5 Å². The molecule has 0 bridgehead atoms. The van der Waals surface area contributed by atoms with E-state index in [0.29, 0.717) is 9.90 Å². The van der Waals surface area contributed by atoms with E-state index in [1.807, 2.05) is 12.3 Å². The van der Waals surface area contributed by atoms with Gasteiger partial charge in [-0.3, -0.25) is 4.79 Å². The van der Waals surface area contributed by atoms with Crippen molar-refractivity contribution in [2.45, 2.75) is 17.1 Å². The van der Waals surface area contributed by atoms with E-state index in [9.17, 15) is 10.1 Å². The number of benzene rings is 1. The molecule has 0 fully saturated rings. The number of hydrogen-bond donors (Lipinski definition) is 1. The number of fused-ring (bicyclic) bond motifs is 1. The molecule has 126 valence electrons. The smallest absolute Gasteiger partial charge is 0.215 e. The van der Waals surface area contributed by atoms with Gasteiger partial charge in [-0.25, -0.2) is 0 Å². The molecule has 3 rings (SSSR count). The van der Waals surface area contributed by atoms with E-state index in [1.54, 1.807) is 36.0 Å². The molecule has 1 aliphatic carbocycles. The molecule has 1 aromatic heterocycles. The molecule has 0 saturated carbocycles. The summed E-state index contributed by atoms with van der Waals surface area (Å²) in [6.07, 6.45) is 9.45. The Balaban J connectivity index is 1.89. The first kappa shape index (κ1) is 17.8. The Bertz CT molecular complexity index is 905. The summed E-state index contributed by atoms with van der Waals surface area (Å²) < 4.78 is 1.12. The van der Waals surface area contributed by atoms with E-state index in [2.05, 4.69) is 17.5 Å². The van der Waals surface area contributed by atoms with E-state index in [0.717, 1.165) is 33.9 Å². The number of nitrogens with zero attached hydrogens (tertiary/aromatic N) is 1. The van der Waals surface area contributed by atoms with Gasteiger partial charge in [-0.2, -0.15) is 5.26 Å². The molecular weight excluding hydrogens is 372 g/mol. The fourth-order valence-electron chi connectivity index (χ4n) is 2.61. The highest BCUT2D eigenvalue weighted by molar-refractivity contribution is 8.00. The summed E-state index contributed by atoms with van der Waals surface area (Å²) in [5.41, 5.74) is 3.07. The van der Waals surface area contributed by atoms with Crippen molar-refractivity contribution >= 4 is 52.2 Å². The normalized spacial score (nSPS) is 13.2. The third-order valence-corrected chi connectivity index (χ3v) is 6.48. The van der Waals surface area contributed by atoms with Gasteiger partial charge in [0.2, 0.25) is 5.78 Å². The van der Waals surface area contributed by atoms with Crippen LogP contribution in [0.15, 0.2) is 46.3 Å². The molecule has 1 aliphatic rings. The molecule has 0 aliphatic heterocycles. The summed E-state index contributed by atoms with van der Waals surface area (Å²) in [7, 11) is 0. The lowest BCUT2D eigenvalue weighted by atomic mass is 9.97. The molecule has 0 amide bonds. The maximum absolute atomic E-state index is 12.9.